The van der Waals surface area contributed by atoms with Crippen LogP contribution in [0.2, 0.25) is 0 Å². The highest BCUT2D eigenvalue weighted by molar-refractivity contribution is 5.94. The maximum Gasteiger partial charge on any atom is 0.267 e. The number of pyridine rings is 1. The second-order valence-electron chi connectivity index (χ2n) is 7.20. The Kier molecular flexibility index (Phi) is 4.86. The van der Waals surface area contributed by atoms with Gasteiger partial charge in [0.25, 0.3) is 5.91 Å². The van der Waals surface area contributed by atoms with Gasteiger partial charge >= 0.3 is 0 Å². The van der Waals surface area contributed by atoms with E-state index < -0.39 is 23.2 Å². The topological polar surface area (TPSA) is 137 Å². The van der Waals surface area contributed by atoms with Crippen LogP contribution >= 0.6 is 0 Å². The van der Waals surface area contributed by atoms with E-state index >= 15 is 0 Å². The minimum Gasteiger partial charge on any atom is -0.366 e. The molecule has 1 aromatic carbocycles. The summed E-state index contributed by atoms with van der Waals surface area (Å²) in [5, 5.41) is 11.6. The number of rotatable bonds is 6. The number of anilines is 1. The molecule has 5 N–H and O–H groups in total. The van der Waals surface area contributed by atoms with Crippen LogP contribution in [-0.2, 0) is 5.54 Å². The Balaban J connectivity index is 1.61. The van der Waals surface area contributed by atoms with E-state index in [1.165, 1.54) is 18.2 Å². The lowest BCUT2D eigenvalue weighted by atomic mass is 9.74. The van der Waals surface area contributed by atoms with Crippen LogP contribution in [0.15, 0.2) is 48.5 Å². The van der Waals surface area contributed by atoms with E-state index in [2.05, 4.69) is 20.5 Å². The van der Waals surface area contributed by atoms with Crippen molar-refractivity contribution in [2.24, 2.45) is 11.5 Å². The van der Waals surface area contributed by atoms with Gasteiger partial charge in [0.2, 0.25) is 5.91 Å². The number of halogens is 1. The predicted octanol–water partition coefficient (Wildman–Crippen LogP) is 2.37. The fraction of sp³-hybridized carbons (Fsp3) is 0.190. The molecule has 8 nitrogen and oxygen atoms in total. The number of hydrogen-bond donors (Lipinski definition) is 3. The molecule has 9 heteroatoms. The summed E-state index contributed by atoms with van der Waals surface area (Å²) in [5.74, 6) is -1.29. The number of benzene rings is 1. The number of aromatic nitrogens is 3. The smallest absolute Gasteiger partial charge is 0.267 e. The minimum absolute atomic E-state index is 0.138. The first kappa shape index (κ1) is 19.4. The molecule has 0 spiro atoms. The average Bonchev–Trinajstić information content (AvgIpc) is 2.71. The molecular weight excluding hydrogens is 387 g/mol. The standard InChI is InChI=1S/C21H19FN6O2/c22-14-6-5-12(19(23)29)11-13(14)15-7-8-18(28-27-15)26-21(9-2-10-21)17-4-1-3-16(25-17)20(24)30/h1,3-8,11H,2,9-10H2,(H2,23,29)(H2,24,30)(H,26,28). The number of carbonyl (C=O) groups excluding carboxylic acids is 2. The first-order valence-electron chi connectivity index (χ1n) is 9.37. The molecule has 30 heavy (non-hydrogen) atoms. The third kappa shape index (κ3) is 3.57. The van der Waals surface area contributed by atoms with Gasteiger partial charge in [0.15, 0.2) is 0 Å². The molecule has 1 fully saturated rings. The van der Waals surface area contributed by atoms with Gasteiger partial charge in [-0.25, -0.2) is 9.37 Å². The molecule has 0 bridgehead atoms. The molecular formula is C21H19FN6O2. The Morgan fingerprint density at radius 1 is 1.00 bits per heavy atom. The van der Waals surface area contributed by atoms with Gasteiger partial charge in [0.05, 0.1) is 16.9 Å². The number of carbonyl (C=O) groups is 2. The van der Waals surface area contributed by atoms with Crippen LogP contribution in [0, 0.1) is 5.82 Å². The summed E-state index contributed by atoms with van der Waals surface area (Å²) in [4.78, 5) is 27.2. The summed E-state index contributed by atoms with van der Waals surface area (Å²) in [7, 11) is 0. The van der Waals surface area contributed by atoms with E-state index in [4.69, 9.17) is 11.5 Å². The van der Waals surface area contributed by atoms with E-state index in [1.54, 1.807) is 24.3 Å². The van der Waals surface area contributed by atoms with Gasteiger partial charge in [0, 0.05) is 11.1 Å². The molecule has 3 aromatic rings. The molecule has 2 amide bonds. The van der Waals surface area contributed by atoms with E-state index in [1.807, 2.05) is 6.07 Å². The molecule has 0 aliphatic heterocycles. The normalized spacial score (nSPS) is 14.6. The van der Waals surface area contributed by atoms with Gasteiger partial charge in [-0.05, 0) is 61.7 Å². The zero-order chi connectivity index (χ0) is 21.3. The molecule has 0 atom stereocenters. The van der Waals surface area contributed by atoms with Crippen LogP contribution in [0.1, 0.15) is 45.8 Å². The SMILES string of the molecule is NC(=O)c1ccc(F)c(-c2ccc(NC3(c4cccc(C(N)=O)n4)CCC3)nn2)c1. The third-order valence-electron chi connectivity index (χ3n) is 5.26. The quantitative estimate of drug-likeness (QED) is 0.575. The zero-order valence-corrected chi connectivity index (χ0v) is 15.9. The minimum atomic E-state index is -0.653. The van der Waals surface area contributed by atoms with Gasteiger partial charge in [-0.2, -0.15) is 0 Å². The van der Waals surface area contributed by atoms with Crippen molar-refractivity contribution in [1.29, 1.82) is 0 Å². The van der Waals surface area contributed by atoms with Gasteiger partial charge in [-0.1, -0.05) is 6.07 Å². The van der Waals surface area contributed by atoms with Crippen molar-refractivity contribution < 1.29 is 14.0 Å². The number of nitrogens with two attached hydrogens (primary N) is 2. The summed E-state index contributed by atoms with van der Waals surface area (Å²) in [6.07, 6.45) is 2.61. The first-order valence-corrected chi connectivity index (χ1v) is 9.37. The van der Waals surface area contributed by atoms with Crippen LogP contribution in [0.5, 0.6) is 0 Å². The molecule has 2 aromatic heterocycles. The molecule has 0 unspecified atom stereocenters. The highest BCUT2D eigenvalue weighted by atomic mass is 19.1. The van der Waals surface area contributed by atoms with Crippen molar-refractivity contribution in [3.8, 4) is 11.3 Å². The maximum atomic E-state index is 14.2. The highest BCUT2D eigenvalue weighted by Gasteiger charge is 2.40. The summed E-state index contributed by atoms with van der Waals surface area (Å²) >= 11 is 0. The van der Waals surface area contributed by atoms with Gasteiger partial charge in [0.1, 0.15) is 17.3 Å². The van der Waals surface area contributed by atoms with Crippen LogP contribution in [0.4, 0.5) is 10.2 Å². The van der Waals surface area contributed by atoms with Gasteiger partial charge in [-0.3, -0.25) is 9.59 Å². The maximum absolute atomic E-state index is 14.2. The lowest BCUT2D eigenvalue weighted by Gasteiger charge is -2.42. The number of hydrogen-bond acceptors (Lipinski definition) is 6. The highest BCUT2D eigenvalue weighted by Crippen LogP contribution is 2.43. The van der Waals surface area contributed by atoms with Gasteiger partial charge in [-0.15, -0.1) is 10.2 Å². The monoisotopic (exact) mass is 406 g/mol. The Labute approximate surface area is 171 Å². The van der Waals surface area contributed by atoms with Crippen molar-refractivity contribution in [2.45, 2.75) is 24.8 Å². The average molecular weight is 406 g/mol. The zero-order valence-electron chi connectivity index (χ0n) is 15.9. The lowest BCUT2D eigenvalue weighted by molar-refractivity contribution is 0.0988. The molecule has 1 saturated carbocycles. The number of nitrogens with zero attached hydrogens (tertiary/aromatic N) is 3. The van der Waals surface area contributed by atoms with Crippen molar-refractivity contribution in [3.05, 3.63) is 71.3 Å². The molecule has 4 rings (SSSR count). The van der Waals surface area contributed by atoms with Crippen LogP contribution in [-0.4, -0.2) is 27.0 Å². The number of nitrogens with one attached hydrogen (secondary N) is 1. The van der Waals surface area contributed by atoms with E-state index in [9.17, 15) is 14.0 Å². The molecule has 0 saturated heterocycles. The van der Waals surface area contributed by atoms with Crippen molar-refractivity contribution in [2.75, 3.05) is 5.32 Å². The van der Waals surface area contributed by atoms with Crippen molar-refractivity contribution in [3.63, 3.8) is 0 Å². The van der Waals surface area contributed by atoms with Crippen molar-refractivity contribution >= 4 is 17.6 Å². The van der Waals surface area contributed by atoms with Crippen LogP contribution in [0.25, 0.3) is 11.3 Å². The third-order valence-corrected chi connectivity index (χ3v) is 5.26. The largest absolute Gasteiger partial charge is 0.366 e. The Bertz CT molecular complexity index is 1130. The Morgan fingerprint density at radius 3 is 2.40 bits per heavy atom. The van der Waals surface area contributed by atoms with E-state index in [0.29, 0.717) is 11.5 Å². The van der Waals surface area contributed by atoms with Crippen LogP contribution in [0.3, 0.4) is 0 Å². The summed E-state index contributed by atoms with van der Waals surface area (Å²) < 4.78 is 14.2. The summed E-state index contributed by atoms with van der Waals surface area (Å²) in [6.45, 7) is 0. The first-order chi connectivity index (χ1) is 14.4. The summed E-state index contributed by atoms with van der Waals surface area (Å²) in [5.41, 5.74) is 11.6. The summed E-state index contributed by atoms with van der Waals surface area (Å²) in [6, 6.07) is 12.3. The fourth-order valence-corrected chi connectivity index (χ4v) is 3.48. The lowest BCUT2D eigenvalue weighted by Crippen LogP contribution is -2.43. The second kappa shape index (κ2) is 7.51. The molecule has 2 heterocycles. The van der Waals surface area contributed by atoms with E-state index in [-0.39, 0.29) is 22.5 Å². The molecule has 1 aliphatic carbocycles. The van der Waals surface area contributed by atoms with Crippen molar-refractivity contribution in [1.82, 2.24) is 15.2 Å². The second-order valence-corrected chi connectivity index (χ2v) is 7.20. The Morgan fingerprint density at radius 2 is 1.80 bits per heavy atom. The van der Waals surface area contributed by atoms with E-state index in [0.717, 1.165) is 19.3 Å². The van der Waals surface area contributed by atoms with Crippen LogP contribution < -0.4 is 16.8 Å². The number of amides is 2. The molecule has 152 valence electrons. The Hall–Kier alpha value is -3.88. The number of primary amides is 2. The fourth-order valence-electron chi connectivity index (χ4n) is 3.48. The van der Waals surface area contributed by atoms with Gasteiger partial charge < -0.3 is 16.8 Å². The molecule has 0 radical (unpaired) electrons. The molecule has 1 aliphatic rings. The predicted molar refractivity (Wildman–Crippen MR) is 108 cm³/mol.